The predicted octanol–water partition coefficient (Wildman–Crippen LogP) is 4.61. The van der Waals surface area contributed by atoms with Gasteiger partial charge in [-0.2, -0.15) is 0 Å². The van der Waals surface area contributed by atoms with Crippen LogP contribution in [-0.4, -0.2) is 51.1 Å². The Morgan fingerprint density at radius 3 is 1.93 bits per heavy atom. The number of aromatic nitrogens is 2. The van der Waals surface area contributed by atoms with Crippen molar-refractivity contribution >= 4 is 33.4 Å². The molecule has 0 fully saturated rings. The average molecular weight is 640 g/mol. The molecule has 11 nitrogen and oxygen atoms in total. The van der Waals surface area contributed by atoms with Gasteiger partial charge in [-0.3, -0.25) is 9.36 Å². The van der Waals surface area contributed by atoms with Gasteiger partial charge in [-0.05, 0) is 52.3 Å². The second-order valence-corrected chi connectivity index (χ2v) is 9.85. The van der Waals surface area contributed by atoms with Crippen molar-refractivity contribution in [3.63, 3.8) is 0 Å². The smallest absolute Gasteiger partial charge is 0.347 e. The van der Waals surface area contributed by atoms with Crippen LogP contribution in [0, 0.1) is 0 Å². The van der Waals surface area contributed by atoms with Crippen molar-refractivity contribution < 1.29 is 28.5 Å². The summed E-state index contributed by atoms with van der Waals surface area (Å²) in [7, 11) is 7.44. The molecule has 0 atom stereocenters. The van der Waals surface area contributed by atoms with Gasteiger partial charge in [0.05, 0.1) is 46.9 Å². The summed E-state index contributed by atoms with van der Waals surface area (Å²) in [6.07, 6.45) is 1.34. The van der Waals surface area contributed by atoms with Crippen LogP contribution < -0.4 is 35.1 Å². The summed E-state index contributed by atoms with van der Waals surface area (Å²) in [6.45, 7) is 0.389. The molecule has 1 heterocycles. The summed E-state index contributed by atoms with van der Waals surface area (Å²) in [5.74, 6) is 1.58. The summed E-state index contributed by atoms with van der Waals surface area (Å²) < 4.78 is 28.8. The lowest BCUT2D eigenvalue weighted by molar-refractivity contribution is 0.0598. The Hall–Kier alpha value is -4.71. The quantitative estimate of drug-likeness (QED) is 0.184. The summed E-state index contributed by atoms with van der Waals surface area (Å²) in [4.78, 5) is 33.6. The number of ether oxygens (including phenoxy) is 5. The number of esters is 1. The van der Waals surface area contributed by atoms with Crippen LogP contribution in [0.5, 0.6) is 23.0 Å². The lowest BCUT2D eigenvalue weighted by Crippen LogP contribution is -2.33. The highest BCUT2D eigenvalue weighted by Crippen LogP contribution is 2.32. The van der Waals surface area contributed by atoms with E-state index in [4.69, 9.17) is 29.4 Å². The molecule has 0 aliphatic rings. The van der Waals surface area contributed by atoms with Gasteiger partial charge in [0.2, 0.25) is 0 Å². The minimum Gasteiger partial charge on any atom is -0.497 e. The van der Waals surface area contributed by atoms with Crippen molar-refractivity contribution in [2.45, 2.75) is 13.1 Å². The van der Waals surface area contributed by atoms with Gasteiger partial charge in [-0.15, -0.1) is 0 Å². The monoisotopic (exact) mass is 638 g/mol. The van der Waals surface area contributed by atoms with E-state index in [-0.39, 0.29) is 24.5 Å². The van der Waals surface area contributed by atoms with Crippen LogP contribution in [0.1, 0.15) is 21.5 Å². The molecule has 220 valence electrons. The molecule has 2 N–H and O–H groups in total. The van der Waals surface area contributed by atoms with Crippen molar-refractivity contribution in [1.29, 1.82) is 0 Å². The average Bonchev–Trinajstić information content (AvgIpc) is 3.01. The van der Waals surface area contributed by atoms with Gasteiger partial charge in [0.25, 0.3) is 5.56 Å². The first-order valence-corrected chi connectivity index (χ1v) is 13.5. The molecule has 0 saturated heterocycles. The van der Waals surface area contributed by atoms with Crippen molar-refractivity contribution in [2.75, 3.05) is 46.2 Å². The SMILES string of the molecule is COC(=O)c1c(N(Cc2ccc(OC)cc2OC)Cc2ccc(OC)cc2OC)ncn(-c2c(N)cccc2Br)c1=O. The number of carbonyl (C=O) groups excluding carboxylic acids is 1. The zero-order chi connectivity index (χ0) is 30.4. The number of carbonyl (C=O) groups is 1. The van der Waals surface area contributed by atoms with E-state index in [1.54, 1.807) is 75.8 Å². The number of nitrogens with zero attached hydrogens (tertiary/aromatic N) is 3. The third kappa shape index (κ3) is 6.13. The van der Waals surface area contributed by atoms with Gasteiger partial charge in [-0.1, -0.05) is 6.07 Å². The first-order valence-electron chi connectivity index (χ1n) is 12.7. The topological polar surface area (TPSA) is 127 Å². The zero-order valence-corrected chi connectivity index (χ0v) is 25.4. The van der Waals surface area contributed by atoms with E-state index in [1.165, 1.54) is 18.0 Å². The largest absolute Gasteiger partial charge is 0.497 e. The number of hydrogen-bond acceptors (Lipinski definition) is 10. The predicted molar refractivity (Wildman–Crippen MR) is 162 cm³/mol. The molecule has 0 aliphatic heterocycles. The van der Waals surface area contributed by atoms with Gasteiger partial charge >= 0.3 is 5.97 Å². The van der Waals surface area contributed by atoms with Crippen LogP contribution >= 0.6 is 15.9 Å². The molecule has 0 unspecified atom stereocenters. The van der Waals surface area contributed by atoms with E-state index in [9.17, 15) is 9.59 Å². The highest BCUT2D eigenvalue weighted by atomic mass is 79.9. The van der Waals surface area contributed by atoms with Gasteiger partial charge in [0.1, 0.15) is 29.3 Å². The fraction of sp³-hybridized carbons (Fsp3) is 0.233. The fourth-order valence-corrected chi connectivity index (χ4v) is 5.07. The summed E-state index contributed by atoms with van der Waals surface area (Å²) in [5.41, 5.74) is 7.46. The Morgan fingerprint density at radius 2 is 1.45 bits per heavy atom. The second-order valence-electron chi connectivity index (χ2n) is 9.00. The maximum Gasteiger partial charge on any atom is 0.347 e. The summed E-state index contributed by atoms with van der Waals surface area (Å²) in [5, 5.41) is 0. The maximum atomic E-state index is 14.0. The third-order valence-corrected chi connectivity index (χ3v) is 7.25. The van der Waals surface area contributed by atoms with Crippen molar-refractivity contribution in [2.24, 2.45) is 0 Å². The first-order chi connectivity index (χ1) is 20.3. The molecule has 4 aromatic rings. The van der Waals surface area contributed by atoms with Crippen LogP contribution in [0.15, 0.2) is 70.2 Å². The molecule has 1 aromatic heterocycles. The van der Waals surface area contributed by atoms with Gasteiger partial charge in [-0.25, -0.2) is 9.78 Å². The van der Waals surface area contributed by atoms with E-state index < -0.39 is 11.5 Å². The number of nitrogen functional groups attached to an aromatic ring is 1. The van der Waals surface area contributed by atoms with Gasteiger partial charge < -0.3 is 34.3 Å². The molecule has 0 amide bonds. The molecule has 0 radical (unpaired) electrons. The Bertz CT molecular complexity index is 1580. The number of benzene rings is 3. The highest BCUT2D eigenvalue weighted by Gasteiger charge is 2.27. The van der Waals surface area contributed by atoms with Crippen molar-refractivity contribution in [1.82, 2.24) is 9.55 Å². The third-order valence-electron chi connectivity index (χ3n) is 6.61. The molecule has 0 saturated carbocycles. The van der Waals surface area contributed by atoms with E-state index in [0.29, 0.717) is 38.8 Å². The number of hydrogen-bond donors (Lipinski definition) is 1. The van der Waals surface area contributed by atoms with E-state index in [1.807, 2.05) is 12.1 Å². The number of halogens is 1. The van der Waals surface area contributed by atoms with Crippen LogP contribution in [0.2, 0.25) is 0 Å². The molecule has 42 heavy (non-hydrogen) atoms. The van der Waals surface area contributed by atoms with E-state index in [2.05, 4.69) is 20.9 Å². The summed E-state index contributed by atoms with van der Waals surface area (Å²) >= 11 is 3.45. The van der Waals surface area contributed by atoms with Crippen LogP contribution in [-0.2, 0) is 17.8 Å². The van der Waals surface area contributed by atoms with Crippen LogP contribution in [0.3, 0.4) is 0 Å². The molecular formula is C30H31BrN4O7. The minimum absolute atomic E-state index is 0.101. The zero-order valence-electron chi connectivity index (χ0n) is 23.8. The van der Waals surface area contributed by atoms with Gasteiger partial charge in [0.15, 0.2) is 11.4 Å². The molecule has 0 aliphatic carbocycles. The van der Waals surface area contributed by atoms with E-state index in [0.717, 1.165) is 11.1 Å². The minimum atomic E-state index is -0.851. The first kappa shape index (κ1) is 30.3. The number of methoxy groups -OCH3 is 5. The number of para-hydroxylation sites is 1. The van der Waals surface area contributed by atoms with Crippen LogP contribution in [0.4, 0.5) is 11.5 Å². The fourth-order valence-electron chi connectivity index (χ4n) is 4.49. The van der Waals surface area contributed by atoms with Crippen LogP contribution in [0.25, 0.3) is 5.69 Å². The number of nitrogens with two attached hydrogens (primary N) is 1. The molecule has 0 bridgehead atoms. The number of anilines is 2. The molecule has 0 spiro atoms. The molecule has 3 aromatic carbocycles. The van der Waals surface area contributed by atoms with Crippen molar-refractivity contribution in [3.05, 3.63) is 92.4 Å². The molecular weight excluding hydrogens is 608 g/mol. The standard InChI is InChI=1S/C30H31BrN4O7/c1-38-20-11-9-18(24(13-20)40-3)15-34(16-19-10-12-21(39-2)14-25(19)41-4)28-26(30(37)42-5)29(36)35(17-33-28)27-22(31)7-6-8-23(27)32/h6-14,17H,15-16,32H2,1-5H3. The Balaban J connectivity index is 1.94. The molecule has 12 heteroatoms. The molecule has 4 rings (SSSR count). The summed E-state index contributed by atoms with van der Waals surface area (Å²) in [6, 6.07) is 15.9. The highest BCUT2D eigenvalue weighted by molar-refractivity contribution is 9.10. The van der Waals surface area contributed by atoms with Gasteiger partial charge in [0, 0.05) is 40.8 Å². The second kappa shape index (κ2) is 13.3. The Kier molecular flexibility index (Phi) is 9.58. The van der Waals surface area contributed by atoms with Crippen molar-refractivity contribution in [3.8, 4) is 28.7 Å². The lowest BCUT2D eigenvalue weighted by atomic mass is 10.1. The Labute approximate surface area is 251 Å². The lowest BCUT2D eigenvalue weighted by Gasteiger charge is -2.27. The maximum absolute atomic E-state index is 14.0. The van der Waals surface area contributed by atoms with E-state index >= 15 is 0 Å². The number of rotatable bonds is 11. The normalized spacial score (nSPS) is 10.6. The Morgan fingerprint density at radius 1 is 0.881 bits per heavy atom.